The Morgan fingerprint density at radius 2 is 2.36 bits per heavy atom. The minimum absolute atomic E-state index is 0.00847. The number of benzene rings is 1. The van der Waals surface area contributed by atoms with Crippen LogP contribution in [0.4, 0.5) is 11.4 Å². The molecule has 14 heavy (non-hydrogen) atoms. The average molecular weight is 191 g/mol. The number of hydrogen-bond donors (Lipinski definition) is 1. The maximum atomic E-state index is 10.6. The van der Waals surface area contributed by atoms with E-state index in [0.29, 0.717) is 17.8 Å². The van der Waals surface area contributed by atoms with Crippen LogP contribution < -0.4 is 5.32 Å². The zero-order valence-electron chi connectivity index (χ0n) is 7.65. The van der Waals surface area contributed by atoms with Crippen LogP contribution in [-0.2, 0) is 0 Å². The molecule has 1 aromatic rings. The summed E-state index contributed by atoms with van der Waals surface area (Å²) in [4.78, 5) is 10.1. The van der Waals surface area contributed by atoms with Gasteiger partial charge in [-0.25, -0.2) is 0 Å². The topological polar surface area (TPSA) is 79.0 Å². The molecule has 1 rings (SSSR count). The third-order valence-electron chi connectivity index (χ3n) is 1.69. The van der Waals surface area contributed by atoms with Crippen LogP contribution in [0.15, 0.2) is 18.2 Å². The highest BCUT2D eigenvalue weighted by Crippen LogP contribution is 2.24. The minimum Gasteiger partial charge on any atom is -0.380 e. The van der Waals surface area contributed by atoms with Crippen molar-refractivity contribution in [3.63, 3.8) is 0 Å². The highest BCUT2D eigenvalue weighted by molar-refractivity contribution is 5.64. The van der Waals surface area contributed by atoms with E-state index in [1.807, 2.05) is 13.0 Å². The highest BCUT2D eigenvalue weighted by Gasteiger charge is 2.12. The molecule has 0 amide bonds. The minimum atomic E-state index is -0.473. The maximum Gasteiger partial charge on any atom is 0.292 e. The Morgan fingerprint density at radius 3 is 2.86 bits per heavy atom. The van der Waals surface area contributed by atoms with E-state index in [2.05, 4.69) is 5.32 Å². The fourth-order valence-corrected chi connectivity index (χ4v) is 1.10. The molecule has 0 atom stereocenters. The summed E-state index contributed by atoms with van der Waals surface area (Å²) in [6.45, 7) is 2.42. The number of nitriles is 1. The van der Waals surface area contributed by atoms with Gasteiger partial charge < -0.3 is 5.32 Å². The standard InChI is InChI=1S/C9H9N3O2/c1-2-11-8-5-7(6-10)3-4-9(8)12(13)14/h3-5,11H,2H2,1H3. The zero-order valence-corrected chi connectivity index (χ0v) is 7.65. The number of nitrogens with zero attached hydrogens (tertiary/aromatic N) is 2. The summed E-state index contributed by atoms with van der Waals surface area (Å²) in [7, 11) is 0. The van der Waals surface area contributed by atoms with Gasteiger partial charge in [-0.3, -0.25) is 10.1 Å². The van der Waals surface area contributed by atoms with Crippen LogP contribution in [-0.4, -0.2) is 11.5 Å². The Kier molecular flexibility index (Phi) is 3.02. The lowest BCUT2D eigenvalue weighted by Crippen LogP contribution is -2.01. The van der Waals surface area contributed by atoms with Crippen molar-refractivity contribution in [2.75, 3.05) is 11.9 Å². The van der Waals surface area contributed by atoms with Crippen LogP contribution in [0, 0.1) is 21.4 Å². The number of hydrogen-bond acceptors (Lipinski definition) is 4. The van der Waals surface area contributed by atoms with E-state index >= 15 is 0 Å². The summed E-state index contributed by atoms with van der Waals surface area (Å²) in [5.74, 6) is 0. The van der Waals surface area contributed by atoms with Crippen LogP contribution in [0.2, 0.25) is 0 Å². The Balaban J connectivity index is 3.18. The molecule has 1 N–H and O–H groups in total. The molecule has 0 fully saturated rings. The van der Waals surface area contributed by atoms with Crippen LogP contribution in [0.1, 0.15) is 12.5 Å². The first-order chi connectivity index (χ1) is 6.69. The van der Waals surface area contributed by atoms with Crippen molar-refractivity contribution in [2.45, 2.75) is 6.92 Å². The number of anilines is 1. The number of nitrogens with one attached hydrogen (secondary N) is 1. The summed E-state index contributed by atoms with van der Waals surface area (Å²) < 4.78 is 0. The van der Waals surface area contributed by atoms with Gasteiger partial charge in [0.25, 0.3) is 5.69 Å². The second-order valence-corrected chi connectivity index (χ2v) is 2.63. The van der Waals surface area contributed by atoms with E-state index in [1.165, 1.54) is 18.2 Å². The summed E-state index contributed by atoms with van der Waals surface area (Å²) >= 11 is 0. The largest absolute Gasteiger partial charge is 0.380 e. The Bertz CT molecular complexity index is 396. The number of nitro groups is 1. The van der Waals surface area contributed by atoms with E-state index in [9.17, 15) is 10.1 Å². The van der Waals surface area contributed by atoms with Crippen molar-refractivity contribution < 1.29 is 4.92 Å². The van der Waals surface area contributed by atoms with Crippen molar-refractivity contribution in [3.8, 4) is 6.07 Å². The van der Waals surface area contributed by atoms with Gasteiger partial charge in [0, 0.05) is 12.6 Å². The molecule has 0 unspecified atom stereocenters. The van der Waals surface area contributed by atoms with Gasteiger partial charge in [0.05, 0.1) is 16.6 Å². The van der Waals surface area contributed by atoms with Crippen LogP contribution >= 0.6 is 0 Å². The summed E-state index contributed by atoms with van der Waals surface area (Å²) in [6, 6.07) is 6.16. The normalized spacial score (nSPS) is 9.14. The molecule has 0 spiro atoms. The van der Waals surface area contributed by atoms with Crippen LogP contribution in [0.3, 0.4) is 0 Å². The second kappa shape index (κ2) is 4.23. The van der Waals surface area contributed by atoms with Crippen molar-refractivity contribution >= 4 is 11.4 Å². The molecule has 1 aromatic carbocycles. The lowest BCUT2D eigenvalue weighted by Gasteiger charge is -2.03. The molecule has 0 saturated heterocycles. The SMILES string of the molecule is CCNc1cc(C#N)ccc1[N+](=O)[O-]. The first-order valence-corrected chi connectivity index (χ1v) is 4.11. The first-order valence-electron chi connectivity index (χ1n) is 4.11. The van der Waals surface area contributed by atoms with Gasteiger partial charge in [-0.1, -0.05) is 0 Å². The van der Waals surface area contributed by atoms with Crippen LogP contribution in [0.25, 0.3) is 0 Å². The van der Waals surface area contributed by atoms with Gasteiger partial charge >= 0.3 is 0 Å². The quantitative estimate of drug-likeness (QED) is 0.584. The maximum absolute atomic E-state index is 10.6. The Morgan fingerprint density at radius 1 is 1.64 bits per heavy atom. The molecular weight excluding hydrogens is 182 g/mol. The van der Waals surface area contributed by atoms with Crippen LogP contribution in [0.5, 0.6) is 0 Å². The monoisotopic (exact) mass is 191 g/mol. The van der Waals surface area contributed by atoms with Gasteiger partial charge in [-0.15, -0.1) is 0 Å². The fourth-order valence-electron chi connectivity index (χ4n) is 1.10. The van der Waals surface area contributed by atoms with Gasteiger partial charge in [0.1, 0.15) is 5.69 Å². The van der Waals surface area contributed by atoms with E-state index in [0.717, 1.165) is 0 Å². The number of nitro benzene ring substituents is 1. The van der Waals surface area contributed by atoms with Crippen molar-refractivity contribution in [2.24, 2.45) is 0 Å². The third kappa shape index (κ3) is 1.98. The molecule has 0 aliphatic carbocycles. The van der Waals surface area contributed by atoms with E-state index in [-0.39, 0.29) is 5.69 Å². The molecular formula is C9H9N3O2. The Labute approximate surface area is 81.1 Å². The fraction of sp³-hybridized carbons (Fsp3) is 0.222. The lowest BCUT2D eigenvalue weighted by molar-refractivity contribution is -0.384. The zero-order chi connectivity index (χ0) is 10.6. The van der Waals surface area contributed by atoms with Crippen molar-refractivity contribution in [1.82, 2.24) is 0 Å². The molecule has 0 aliphatic rings. The van der Waals surface area contributed by atoms with Gasteiger partial charge in [-0.2, -0.15) is 5.26 Å². The highest BCUT2D eigenvalue weighted by atomic mass is 16.6. The van der Waals surface area contributed by atoms with E-state index < -0.39 is 4.92 Å². The molecule has 0 saturated carbocycles. The molecule has 0 heterocycles. The molecule has 5 nitrogen and oxygen atoms in total. The smallest absolute Gasteiger partial charge is 0.292 e. The van der Waals surface area contributed by atoms with E-state index in [1.54, 1.807) is 0 Å². The summed E-state index contributed by atoms with van der Waals surface area (Å²) in [5, 5.41) is 22.0. The summed E-state index contributed by atoms with van der Waals surface area (Å²) in [6.07, 6.45) is 0. The van der Waals surface area contributed by atoms with Crippen molar-refractivity contribution in [1.29, 1.82) is 5.26 Å². The van der Waals surface area contributed by atoms with Gasteiger partial charge in [0.15, 0.2) is 0 Å². The Hall–Kier alpha value is -2.09. The predicted molar refractivity (Wildman–Crippen MR) is 52.0 cm³/mol. The molecule has 0 bridgehead atoms. The molecule has 72 valence electrons. The molecule has 0 aliphatic heterocycles. The number of rotatable bonds is 3. The molecule has 0 radical (unpaired) electrons. The molecule has 0 aromatic heterocycles. The average Bonchev–Trinajstić information content (AvgIpc) is 2.17. The first kappa shape index (κ1) is 9.99. The third-order valence-corrected chi connectivity index (χ3v) is 1.69. The second-order valence-electron chi connectivity index (χ2n) is 2.63. The predicted octanol–water partition coefficient (Wildman–Crippen LogP) is 1.90. The summed E-state index contributed by atoms with van der Waals surface area (Å²) in [5.41, 5.74) is 0.786. The van der Waals surface area contributed by atoms with Crippen molar-refractivity contribution in [3.05, 3.63) is 33.9 Å². The molecule has 5 heteroatoms. The van der Waals surface area contributed by atoms with E-state index in [4.69, 9.17) is 5.26 Å². The van der Waals surface area contributed by atoms with Gasteiger partial charge in [0.2, 0.25) is 0 Å². The lowest BCUT2D eigenvalue weighted by atomic mass is 10.2. The van der Waals surface area contributed by atoms with Gasteiger partial charge in [-0.05, 0) is 19.1 Å².